The normalized spacial score (nSPS) is 12.8. The van der Waals surface area contributed by atoms with Crippen LogP contribution in [0.4, 0.5) is 10.7 Å². The maximum atomic E-state index is 11.1. The average molecular weight is 272 g/mol. The first-order valence-electron chi connectivity index (χ1n) is 6.11. The van der Waals surface area contributed by atoms with E-state index in [1.807, 2.05) is 25.7 Å². The smallest absolute Gasteiger partial charge is 0.304 e. The van der Waals surface area contributed by atoms with Gasteiger partial charge in [0.15, 0.2) is 5.00 Å². The van der Waals surface area contributed by atoms with E-state index in [-0.39, 0.29) is 16.7 Å². The van der Waals surface area contributed by atoms with Gasteiger partial charge >= 0.3 is 5.69 Å². The van der Waals surface area contributed by atoms with Crippen LogP contribution in [0.15, 0.2) is 6.07 Å². The third-order valence-corrected chi connectivity index (χ3v) is 4.00. The third kappa shape index (κ3) is 3.20. The highest BCUT2D eigenvalue weighted by molar-refractivity contribution is 7.16. The Balaban J connectivity index is 3.22. The van der Waals surface area contributed by atoms with Crippen LogP contribution >= 0.6 is 11.3 Å². The van der Waals surface area contributed by atoms with Gasteiger partial charge in [0.25, 0.3) is 0 Å². The number of hydrogen-bond donors (Lipinski definition) is 1. The molecule has 5 nitrogen and oxygen atoms in total. The van der Waals surface area contributed by atoms with Gasteiger partial charge in [-0.2, -0.15) is 0 Å². The summed E-state index contributed by atoms with van der Waals surface area (Å²) in [6, 6.07) is 1.68. The quantitative estimate of drug-likeness (QED) is 0.637. The Kier molecular flexibility index (Phi) is 5.10. The number of nitro groups is 1. The first-order chi connectivity index (χ1) is 8.38. The average Bonchev–Trinajstić information content (AvgIpc) is 2.69. The number of aliphatic hydroxyl groups excluding tert-OH is 1. The highest BCUT2D eigenvalue weighted by atomic mass is 32.1. The van der Waals surface area contributed by atoms with E-state index >= 15 is 0 Å². The predicted octanol–water partition coefficient (Wildman–Crippen LogP) is 3.33. The van der Waals surface area contributed by atoms with Gasteiger partial charge in [0.05, 0.1) is 11.0 Å². The molecule has 0 aromatic carbocycles. The predicted molar refractivity (Wildman–Crippen MR) is 74.4 cm³/mol. The van der Waals surface area contributed by atoms with E-state index < -0.39 is 6.10 Å². The van der Waals surface area contributed by atoms with E-state index in [0.717, 1.165) is 13.0 Å². The summed E-state index contributed by atoms with van der Waals surface area (Å²) in [5, 5.41) is 21.3. The van der Waals surface area contributed by atoms with Crippen molar-refractivity contribution in [1.82, 2.24) is 0 Å². The third-order valence-electron chi connectivity index (χ3n) is 2.67. The maximum absolute atomic E-state index is 11.1. The van der Waals surface area contributed by atoms with Crippen molar-refractivity contribution in [2.75, 3.05) is 11.4 Å². The van der Waals surface area contributed by atoms with Gasteiger partial charge in [-0.3, -0.25) is 10.1 Å². The Morgan fingerprint density at radius 2 is 2.11 bits per heavy atom. The van der Waals surface area contributed by atoms with Gasteiger partial charge < -0.3 is 10.0 Å². The molecule has 1 aromatic heterocycles. The zero-order chi connectivity index (χ0) is 13.9. The van der Waals surface area contributed by atoms with Gasteiger partial charge in [-0.15, -0.1) is 11.3 Å². The molecule has 0 spiro atoms. The van der Waals surface area contributed by atoms with E-state index in [0.29, 0.717) is 9.88 Å². The summed E-state index contributed by atoms with van der Waals surface area (Å²) < 4.78 is 0. The molecule has 1 aromatic rings. The molecule has 0 unspecified atom stereocenters. The van der Waals surface area contributed by atoms with E-state index in [1.54, 1.807) is 6.92 Å². The highest BCUT2D eigenvalue weighted by Crippen LogP contribution is 2.40. The second-order valence-corrected chi connectivity index (χ2v) is 5.62. The number of thiophene rings is 1. The fraction of sp³-hybridized carbons (Fsp3) is 0.667. The Bertz CT molecular complexity index is 415. The minimum Gasteiger partial charge on any atom is -0.388 e. The Hall–Kier alpha value is -1.14. The van der Waals surface area contributed by atoms with Crippen LogP contribution in [0.2, 0.25) is 0 Å². The lowest BCUT2D eigenvalue weighted by Gasteiger charge is -2.26. The molecule has 0 bridgehead atoms. The molecule has 0 radical (unpaired) electrons. The molecule has 0 aliphatic rings. The Morgan fingerprint density at radius 3 is 2.50 bits per heavy atom. The van der Waals surface area contributed by atoms with Crippen LogP contribution < -0.4 is 4.90 Å². The summed E-state index contributed by atoms with van der Waals surface area (Å²) in [7, 11) is 0. The molecular weight excluding hydrogens is 252 g/mol. The lowest BCUT2D eigenvalue weighted by Crippen LogP contribution is -2.31. The van der Waals surface area contributed by atoms with Crippen molar-refractivity contribution in [1.29, 1.82) is 0 Å². The van der Waals surface area contributed by atoms with Gasteiger partial charge in [-0.1, -0.05) is 6.92 Å². The Labute approximate surface area is 111 Å². The number of rotatable bonds is 6. The zero-order valence-electron chi connectivity index (χ0n) is 11.2. The van der Waals surface area contributed by atoms with Crippen LogP contribution in [-0.2, 0) is 0 Å². The van der Waals surface area contributed by atoms with Gasteiger partial charge in [0.1, 0.15) is 0 Å². The standard InChI is InChI=1S/C12H20N2O3S/c1-5-6-13(8(2)3)12-10(14(16)17)7-11(18-12)9(4)15/h7-9,15H,5-6H2,1-4H3/t9-/m1/s1. The second-order valence-electron chi connectivity index (χ2n) is 4.56. The molecule has 0 saturated heterocycles. The number of aliphatic hydroxyl groups is 1. The number of hydrogen-bond acceptors (Lipinski definition) is 5. The van der Waals surface area contributed by atoms with Crippen LogP contribution in [-0.4, -0.2) is 22.6 Å². The molecule has 0 fully saturated rings. The molecule has 1 N–H and O–H groups in total. The molecule has 1 heterocycles. The number of nitrogens with zero attached hydrogens (tertiary/aromatic N) is 2. The summed E-state index contributed by atoms with van der Waals surface area (Å²) in [6.45, 7) is 8.48. The monoisotopic (exact) mass is 272 g/mol. The van der Waals surface area contributed by atoms with Crippen molar-refractivity contribution in [2.45, 2.75) is 46.3 Å². The molecule has 0 amide bonds. The van der Waals surface area contributed by atoms with Crippen LogP contribution in [0.1, 0.15) is 45.1 Å². The lowest BCUT2D eigenvalue weighted by molar-refractivity contribution is -0.383. The van der Waals surface area contributed by atoms with Crippen molar-refractivity contribution in [3.63, 3.8) is 0 Å². The van der Waals surface area contributed by atoms with Crippen LogP contribution in [0, 0.1) is 10.1 Å². The molecule has 0 saturated carbocycles. The van der Waals surface area contributed by atoms with E-state index in [1.165, 1.54) is 17.4 Å². The summed E-state index contributed by atoms with van der Waals surface area (Å²) in [6.07, 6.45) is 0.259. The maximum Gasteiger partial charge on any atom is 0.304 e. The molecular formula is C12H20N2O3S. The molecule has 1 atom stereocenters. The molecule has 1 rings (SSSR count). The van der Waals surface area contributed by atoms with Crippen molar-refractivity contribution < 1.29 is 10.0 Å². The van der Waals surface area contributed by atoms with Gasteiger partial charge in [0, 0.05) is 23.5 Å². The van der Waals surface area contributed by atoms with Crippen LogP contribution in [0.5, 0.6) is 0 Å². The fourth-order valence-corrected chi connectivity index (χ4v) is 2.99. The van der Waals surface area contributed by atoms with Gasteiger partial charge in [-0.05, 0) is 27.2 Å². The van der Waals surface area contributed by atoms with E-state index in [4.69, 9.17) is 0 Å². The summed E-state index contributed by atoms with van der Waals surface area (Å²) in [5.74, 6) is 0. The fourth-order valence-electron chi connectivity index (χ4n) is 1.77. The minimum atomic E-state index is -0.668. The molecule has 0 aliphatic heterocycles. The van der Waals surface area contributed by atoms with Crippen molar-refractivity contribution in [2.24, 2.45) is 0 Å². The first-order valence-corrected chi connectivity index (χ1v) is 6.92. The van der Waals surface area contributed by atoms with E-state index in [2.05, 4.69) is 0 Å². The SMILES string of the molecule is CCCN(c1sc([C@@H](C)O)cc1[N+](=O)[O-])C(C)C. The highest BCUT2D eigenvalue weighted by Gasteiger charge is 2.26. The van der Waals surface area contributed by atoms with Crippen molar-refractivity contribution >= 4 is 22.0 Å². The molecule has 18 heavy (non-hydrogen) atoms. The van der Waals surface area contributed by atoms with Gasteiger partial charge in [-0.25, -0.2) is 0 Å². The van der Waals surface area contributed by atoms with Crippen LogP contribution in [0.25, 0.3) is 0 Å². The summed E-state index contributed by atoms with van der Waals surface area (Å²) in [5.41, 5.74) is 0.0954. The van der Waals surface area contributed by atoms with Crippen LogP contribution in [0.3, 0.4) is 0 Å². The number of anilines is 1. The lowest BCUT2D eigenvalue weighted by atomic mass is 10.2. The molecule has 6 heteroatoms. The van der Waals surface area contributed by atoms with Crippen molar-refractivity contribution in [3.8, 4) is 0 Å². The molecule has 0 aliphatic carbocycles. The Morgan fingerprint density at radius 1 is 1.50 bits per heavy atom. The summed E-state index contributed by atoms with van der Waals surface area (Å²) in [4.78, 5) is 13.4. The van der Waals surface area contributed by atoms with Gasteiger partial charge in [0.2, 0.25) is 0 Å². The van der Waals surface area contributed by atoms with Crippen molar-refractivity contribution in [3.05, 3.63) is 21.1 Å². The topological polar surface area (TPSA) is 66.6 Å². The largest absolute Gasteiger partial charge is 0.388 e. The molecule has 102 valence electrons. The first kappa shape index (κ1) is 14.9. The zero-order valence-corrected chi connectivity index (χ0v) is 12.0. The summed E-state index contributed by atoms with van der Waals surface area (Å²) >= 11 is 1.31. The van der Waals surface area contributed by atoms with E-state index in [9.17, 15) is 15.2 Å². The second kappa shape index (κ2) is 6.15. The minimum absolute atomic E-state index is 0.0954.